The van der Waals surface area contributed by atoms with Gasteiger partial charge in [0.05, 0.1) is 11.7 Å². The standard InChI is InChI=1S/C29H34ClN3O2/c1-21-7-4-5-9-26(21)28(27-22(2)8-6-16-31-27)32(3)29(34)23-14-17-33(18-15-23)19-20-35-25-12-10-24(30)11-13-25/h4-13,16,23,28H,14-15,17-20H2,1-3H3. The van der Waals surface area contributed by atoms with Crippen molar-refractivity contribution >= 4 is 17.5 Å². The van der Waals surface area contributed by atoms with Crippen molar-refractivity contribution in [3.05, 3.63) is 94.3 Å². The first-order valence-corrected chi connectivity index (χ1v) is 12.7. The highest BCUT2D eigenvalue weighted by Crippen LogP contribution is 2.33. The first-order chi connectivity index (χ1) is 16.9. The topological polar surface area (TPSA) is 45.7 Å². The smallest absolute Gasteiger partial charge is 0.226 e. The molecule has 1 aliphatic heterocycles. The van der Waals surface area contributed by atoms with Crippen LogP contribution in [0.1, 0.15) is 41.3 Å². The van der Waals surface area contributed by atoms with Crippen LogP contribution in [0, 0.1) is 19.8 Å². The second-order valence-electron chi connectivity index (χ2n) is 9.33. The Morgan fingerprint density at radius 2 is 1.74 bits per heavy atom. The summed E-state index contributed by atoms with van der Waals surface area (Å²) in [5, 5.41) is 0.705. The Morgan fingerprint density at radius 1 is 1.06 bits per heavy atom. The predicted octanol–water partition coefficient (Wildman–Crippen LogP) is 5.69. The Balaban J connectivity index is 1.38. The van der Waals surface area contributed by atoms with Crippen LogP contribution in [-0.2, 0) is 4.79 Å². The third-order valence-corrected chi connectivity index (χ3v) is 7.21. The third-order valence-electron chi connectivity index (χ3n) is 6.95. The Labute approximate surface area is 213 Å². The number of pyridine rings is 1. The van der Waals surface area contributed by atoms with Gasteiger partial charge in [-0.3, -0.25) is 14.7 Å². The lowest BCUT2D eigenvalue weighted by Crippen LogP contribution is -2.43. The molecule has 0 N–H and O–H groups in total. The molecule has 1 fully saturated rings. The largest absolute Gasteiger partial charge is 0.492 e. The molecule has 184 valence electrons. The van der Waals surface area contributed by atoms with E-state index in [0.717, 1.165) is 60.6 Å². The molecule has 1 atom stereocenters. The molecule has 1 unspecified atom stereocenters. The quantitative estimate of drug-likeness (QED) is 0.406. The van der Waals surface area contributed by atoms with Crippen LogP contribution < -0.4 is 4.74 Å². The van der Waals surface area contributed by atoms with Crippen LogP contribution in [0.2, 0.25) is 5.02 Å². The van der Waals surface area contributed by atoms with Crippen LogP contribution in [0.4, 0.5) is 0 Å². The van der Waals surface area contributed by atoms with Gasteiger partial charge in [-0.1, -0.05) is 41.9 Å². The van der Waals surface area contributed by atoms with Crippen molar-refractivity contribution in [2.75, 3.05) is 33.3 Å². The lowest BCUT2D eigenvalue weighted by atomic mass is 9.91. The van der Waals surface area contributed by atoms with E-state index >= 15 is 0 Å². The SMILES string of the molecule is Cc1ccccc1C(c1ncccc1C)N(C)C(=O)C1CCN(CCOc2ccc(Cl)cc2)CC1. The van der Waals surface area contributed by atoms with E-state index in [1.807, 2.05) is 60.6 Å². The van der Waals surface area contributed by atoms with Gasteiger partial charge >= 0.3 is 0 Å². The van der Waals surface area contributed by atoms with Crippen molar-refractivity contribution in [3.8, 4) is 5.75 Å². The molecule has 0 aliphatic carbocycles. The second kappa shape index (κ2) is 11.7. The number of amides is 1. The first-order valence-electron chi connectivity index (χ1n) is 12.3. The average Bonchev–Trinajstić information content (AvgIpc) is 2.87. The maximum atomic E-state index is 13.7. The summed E-state index contributed by atoms with van der Waals surface area (Å²) in [6.45, 7) is 7.42. The van der Waals surface area contributed by atoms with Crippen molar-refractivity contribution in [3.63, 3.8) is 0 Å². The molecular formula is C29H34ClN3O2. The fourth-order valence-electron chi connectivity index (χ4n) is 4.86. The van der Waals surface area contributed by atoms with Gasteiger partial charge in [-0.05, 0) is 86.8 Å². The number of likely N-dealkylation sites (tertiary alicyclic amines) is 1. The number of ether oxygens (including phenoxy) is 1. The normalized spacial score (nSPS) is 15.5. The molecule has 6 heteroatoms. The number of aryl methyl sites for hydroxylation is 2. The Bertz CT molecular complexity index is 1080. The fraction of sp³-hybridized carbons (Fsp3) is 0.379. The number of carbonyl (C=O) groups is 1. The number of halogens is 1. The maximum Gasteiger partial charge on any atom is 0.226 e. The van der Waals surface area contributed by atoms with Gasteiger partial charge in [-0.25, -0.2) is 0 Å². The molecule has 0 bridgehead atoms. The maximum absolute atomic E-state index is 13.7. The van der Waals surface area contributed by atoms with Gasteiger partial charge in [0.2, 0.25) is 5.91 Å². The first kappa shape index (κ1) is 25.2. The van der Waals surface area contributed by atoms with Crippen molar-refractivity contribution in [2.45, 2.75) is 32.7 Å². The van der Waals surface area contributed by atoms with E-state index < -0.39 is 0 Å². The molecule has 1 saturated heterocycles. The van der Waals surface area contributed by atoms with Crippen LogP contribution in [0.5, 0.6) is 5.75 Å². The van der Waals surface area contributed by atoms with Gasteiger partial charge in [-0.2, -0.15) is 0 Å². The Morgan fingerprint density at radius 3 is 2.43 bits per heavy atom. The summed E-state index contributed by atoms with van der Waals surface area (Å²) in [7, 11) is 1.93. The number of hydrogen-bond donors (Lipinski definition) is 0. The minimum atomic E-state index is -0.198. The average molecular weight is 492 g/mol. The molecule has 0 saturated carbocycles. The zero-order chi connectivity index (χ0) is 24.8. The highest BCUT2D eigenvalue weighted by molar-refractivity contribution is 6.30. The zero-order valence-corrected chi connectivity index (χ0v) is 21.5. The van der Waals surface area contributed by atoms with Crippen LogP contribution in [0.25, 0.3) is 0 Å². The molecule has 1 aromatic heterocycles. The number of piperidine rings is 1. The zero-order valence-electron chi connectivity index (χ0n) is 20.8. The lowest BCUT2D eigenvalue weighted by Gasteiger charge is -2.36. The third kappa shape index (κ3) is 6.22. The van der Waals surface area contributed by atoms with Gasteiger partial charge in [0.1, 0.15) is 12.4 Å². The van der Waals surface area contributed by atoms with E-state index in [-0.39, 0.29) is 17.9 Å². The molecule has 5 nitrogen and oxygen atoms in total. The Kier molecular flexibility index (Phi) is 8.42. The number of rotatable bonds is 8. The summed E-state index contributed by atoms with van der Waals surface area (Å²) in [6, 6.07) is 19.5. The molecule has 1 aliphatic rings. The second-order valence-corrected chi connectivity index (χ2v) is 9.77. The molecule has 3 aromatic rings. The van der Waals surface area contributed by atoms with Crippen molar-refractivity contribution in [1.29, 1.82) is 0 Å². The minimum Gasteiger partial charge on any atom is -0.492 e. The number of hydrogen-bond acceptors (Lipinski definition) is 4. The van der Waals surface area contributed by atoms with Gasteiger partial charge in [-0.15, -0.1) is 0 Å². The van der Waals surface area contributed by atoms with Gasteiger partial charge in [0, 0.05) is 30.7 Å². The van der Waals surface area contributed by atoms with Gasteiger partial charge in [0.25, 0.3) is 0 Å². The van der Waals surface area contributed by atoms with E-state index in [2.05, 4.69) is 36.9 Å². The van der Waals surface area contributed by atoms with E-state index in [1.54, 1.807) is 0 Å². The molecule has 35 heavy (non-hydrogen) atoms. The van der Waals surface area contributed by atoms with Crippen LogP contribution in [0.15, 0.2) is 66.9 Å². The molecule has 0 spiro atoms. The van der Waals surface area contributed by atoms with Crippen molar-refractivity contribution < 1.29 is 9.53 Å². The summed E-state index contributed by atoms with van der Waals surface area (Å²) >= 11 is 5.93. The van der Waals surface area contributed by atoms with E-state index in [4.69, 9.17) is 21.3 Å². The van der Waals surface area contributed by atoms with Gasteiger partial charge < -0.3 is 9.64 Å². The number of aromatic nitrogens is 1. The number of nitrogens with zero attached hydrogens (tertiary/aromatic N) is 3. The molecule has 4 rings (SSSR count). The predicted molar refractivity (Wildman–Crippen MR) is 141 cm³/mol. The fourth-order valence-corrected chi connectivity index (χ4v) is 4.99. The number of benzene rings is 2. The van der Waals surface area contributed by atoms with Crippen molar-refractivity contribution in [2.24, 2.45) is 5.92 Å². The molecule has 2 heterocycles. The monoisotopic (exact) mass is 491 g/mol. The van der Waals surface area contributed by atoms with E-state index in [0.29, 0.717) is 11.6 Å². The number of carbonyl (C=O) groups excluding carboxylic acids is 1. The lowest BCUT2D eigenvalue weighted by molar-refractivity contribution is -0.137. The minimum absolute atomic E-state index is 0.0176. The molecule has 2 aromatic carbocycles. The molecule has 0 radical (unpaired) electrons. The van der Waals surface area contributed by atoms with Crippen molar-refractivity contribution in [1.82, 2.24) is 14.8 Å². The van der Waals surface area contributed by atoms with E-state index in [1.165, 1.54) is 0 Å². The highest BCUT2D eigenvalue weighted by atomic mass is 35.5. The highest BCUT2D eigenvalue weighted by Gasteiger charge is 2.33. The van der Waals surface area contributed by atoms with Crippen LogP contribution >= 0.6 is 11.6 Å². The summed E-state index contributed by atoms with van der Waals surface area (Å²) in [6.07, 6.45) is 3.52. The van der Waals surface area contributed by atoms with Gasteiger partial charge in [0.15, 0.2) is 0 Å². The molecule has 1 amide bonds. The Hall–Kier alpha value is -2.89. The van der Waals surface area contributed by atoms with Crippen LogP contribution in [0.3, 0.4) is 0 Å². The molecular weight excluding hydrogens is 458 g/mol. The van der Waals surface area contributed by atoms with Crippen LogP contribution in [-0.4, -0.2) is 54.0 Å². The summed E-state index contributed by atoms with van der Waals surface area (Å²) < 4.78 is 5.85. The summed E-state index contributed by atoms with van der Waals surface area (Å²) in [5.74, 6) is 1.04. The summed E-state index contributed by atoms with van der Waals surface area (Å²) in [4.78, 5) is 22.7. The van der Waals surface area contributed by atoms with E-state index in [9.17, 15) is 4.79 Å². The summed E-state index contributed by atoms with van der Waals surface area (Å²) in [5.41, 5.74) is 4.32.